The van der Waals surface area contributed by atoms with Gasteiger partial charge >= 0.3 is 0 Å². The van der Waals surface area contributed by atoms with Crippen molar-refractivity contribution in [3.05, 3.63) is 35.5 Å². The Labute approximate surface area is 141 Å². The van der Waals surface area contributed by atoms with E-state index in [2.05, 4.69) is 10.4 Å². The number of amides is 1. The topological polar surface area (TPSA) is 97.4 Å². The minimum absolute atomic E-state index is 0.0159. The number of furan rings is 1. The largest absolute Gasteiger partial charge is 0.468 e. The van der Waals surface area contributed by atoms with Crippen molar-refractivity contribution < 1.29 is 17.6 Å². The lowest BCUT2D eigenvalue weighted by atomic mass is 10.4. The zero-order chi connectivity index (χ0) is 17.9. The highest BCUT2D eigenvalue weighted by atomic mass is 32.2. The van der Waals surface area contributed by atoms with Gasteiger partial charge in [-0.3, -0.25) is 9.48 Å². The van der Waals surface area contributed by atoms with Gasteiger partial charge in [-0.05, 0) is 32.9 Å². The first-order valence-electron chi connectivity index (χ1n) is 7.56. The van der Waals surface area contributed by atoms with Crippen molar-refractivity contribution in [2.45, 2.75) is 38.8 Å². The average molecular weight is 354 g/mol. The van der Waals surface area contributed by atoms with Crippen molar-refractivity contribution in [3.63, 3.8) is 0 Å². The molecular formula is C15H22N4O4S. The summed E-state index contributed by atoms with van der Waals surface area (Å²) in [6.45, 7) is 5.70. The Morgan fingerprint density at radius 2 is 2.12 bits per heavy atom. The summed E-state index contributed by atoms with van der Waals surface area (Å²) in [5.41, 5.74) is 0.799. The number of carbonyl (C=O) groups is 1. The number of sulfonamides is 1. The molecule has 0 saturated heterocycles. The summed E-state index contributed by atoms with van der Waals surface area (Å²) in [5.74, 6) is 0.335. The van der Waals surface area contributed by atoms with Crippen LogP contribution in [0.1, 0.15) is 24.1 Å². The van der Waals surface area contributed by atoms with Crippen molar-refractivity contribution in [1.82, 2.24) is 19.4 Å². The Kier molecular flexibility index (Phi) is 5.45. The van der Waals surface area contributed by atoms with Crippen LogP contribution in [0.4, 0.5) is 0 Å². The molecule has 0 radical (unpaired) electrons. The second-order valence-corrected chi connectivity index (χ2v) is 7.43. The smallest absolute Gasteiger partial charge is 0.246 e. The Morgan fingerprint density at radius 1 is 1.42 bits per heavy atom. The molecule has 9 heteroatoms. The third kappa shape index (κ3) is 3.68. The molecule has 0 atom stereocenters. The average Bonchev–Trinajstić information content (AvgIpc) is 3.08. The standard InChI is InChI=1S/C15H22N4O4S/c1-5-16-14(20)10-19-12(3)15(11(2)17-19)24(21,22)18(4)9-13-7-6-8-23-13/h6-8H,5,9-10H2,1-4H3,(H,16,20). The van der Waals surface area contributed by atoms with Gasteiger partial charge in [0.2, 0.25) is 15.9 Å². The highest BCUT2D eigenvalue weighted by Gasteiger charge is 2.29. The van der Waals surface area contributed by atoms with Crippen LogP contribution in [0.25, 0.3) is 0 Å². The molecule has 2 aromatic rings. The minimum Gasteiger partial charge on any atom is -0.468 e. The predicted octanol–water partition coefficient (Wildman–Crippen LogP) is 1.05. The van der Waals surface area contributed by atoms with E-state index >= 15 is 0 Å². The molecule has 0 aliphatic heterocycles. The van der Waals surface area contributed by atoms with Gasteiger partial charge in [-0.1, -0.05) is 0 Å². The van der Waals surface area contributed by atoms with Crippen molar-refractivity contribution in [2.24, 2.45) is 0 Å². The zero-order valence-corrected chi connectivity index (χ0v) is 15.1. The summed E-state index contributed by atoms with van der Waals surface area (Å²) < 4.78 is 33.5. The number of nitrogens with zero attached hydrogens (tertiary/aromatic N) is 3. The van der Waals surface area contributed by atoms with E-state index in [1.54, 1.807) is 26.0 Å². The molecule has 2 heterocycles. The molecular weight excluding hydrogens is 332 g/mol. The summed E-state index contributed by atoms with van der Waals surface area (Å²) >= 11 is 0. The molecule has 1 amide bonds. The predicted molar refractivity (Wildman–Crippen MR) is 87.7 cm³/mol. The normalized spacial score (nSPS) is 11.9. The van der Waals surface area contributed by atoms with E-state index in [9.17, 15) is 13.2 Å². The van der Waals surface area contributed by atoms with Crippen LogP contribution in [0.3, 0.4) is 0 Å². The number of rotatable bonds is 7. The summed E-state index contributed by atoms with van der Waals surface area (Å²) in [7, 11) is -2.26. The quantitative estimate of drug-likeness (QED) is 0.801. The minimum atomic E-state index is -3.75. The molecule has 132 valence electrons. The fourth-order valence-corrected chi connectivity index (χ4v) is 3.96. The molecule has 0 aliphatic rings. The SMILES string of the molecule is CCNC(=O)Cn1nc(C)c(S(=O)(=O)N(C)Cc2ccco2)c1C. The number of nitrogens with one attached hydrogen (secondary N) is 1. The Bertz CT molecular complexity index is 809. The third-order valence-electron chi connectivity index (χ3n) is 3.61. The van der Waals surface area contributed by atoms with E-state index in [1.807, 2.05) is 6.92 Å². The molecule has 0 saturated carbocycles. The molecule has 1 N–H and O–H groups in total. The van der Waals surface area contributed by atoms with Gasteiger partial charge in [-0.2, -0.15) is 9.40 Å². The summed E-state index contributed by atoms with van der Waals surface area (Å²) in [5, 5.41) is 6.87. The Hall–Kier alpha value is -2.13. The van der Waals surface area contributed by atoms with E-state index in [0.29, 0.717) is 23.7 Å². The van der Waals surface area contributed by atoms with Crippen molar-refractivity contribution in [2.75, 3.05) is 13.6 Å². The van der Waals surface area contributed by atoms with Crippen LogP contribution in [-0.4, -0.2) is 42.0 Å². The monoisotopic (exact) mass is 354 g/mol. The van der Waals surface area contributed by atoms with Crippen LogP contribution in [-0.2, 0) is 27.9 Å². The highest BCUT2D eigenvalue weighted by molar-refractivity contribution is 7.89. The number of aryl methyl sites for hydroxylation is 1. The molecule has 0 fully saturated rings. The number of likely N-dealkylation sites (N-methyl/N-ethyl adjacent to an activating group) is 1. The maximum absolute atomic E-state index is 12.9. The molecule has 0 bridgehead atoms. The van der Waals surface area contributed by atoms with E-state index in [-0.39, 0.29) is 23.9 Å². The van der Waals surface area contributed by atoms with Crippen LogP contribution in [0.2, 0.25) is 0 Å². The van der Waals surface area contributed by atoms with Gasteiger partial charge in [0.1, 0.15) is 17.2 Å². The third-order valence-corrected chi connectivity index (χ3v) is 5.67. The maximum atomic E-state index is 12.9. The lowest BCUT2D eigenvalue weighted by Gasteiger charge is -2.16. The van der Waals surface area contributed by atoms with Gasteiger partial charge in [-0.25, -0.2) is 8.42 Å². The Morgan fingerprint density at radius 3 is 2.71 bits per heavy atom. The first-order valence-corrected chi connectivity index (χ1v) is 9.00. The van der Waals surface area contributed by atoms with Crippen molar-refractivity contribution >= 4 is 15.9 Å². The fourth-order valence-electron chi connectivity index (χ4n) is 2.46. The van der Waals surface area contributed by atoms with E-state index in [1.165, 1.54) is 22.3 Å². The fraction of sp³-hybridized carbons (Fsp3) is 0.467. The highest BCUT2D eigenvalue weighted by Crippen LogP contribution is 2.24. The second kappa shape index (κ2) is 7.18. The van der Waals surface area contributed by atoms with Gasteiger partial charge in [-0.15, -0.1) is 0 Å². The number of carbonyl (C=O) groups excluding carboxylic acids is 1. The van der Waals surface area contributed by atoms with Crippen LogP contribution in [0.15, 0.2) is 27.7 Å². The molecule has 2 aromatic heterocycles. The van der Waals surface area contributed by atoms with Crippen molar-refractivity contribution in [3.8, 4) is 0 Å². The molecule has 24 heavy (non-hydrogen) atoms. The van der Waals surface area contributed by atoms with Crippen LogP contribution in [0, 0.1) is 13.8 Å². The number of hydrogen-bond acceptors (Lipinski definition) is 5. The van der Waals surface area contributed by atoms with Gasteiger partial charge < -0.3 is 9.73 Å². The van der Waals surface area contributed by atoms with Gasteiger partial charge in [0.05, 0.1) is 24.2 Å². The molecule has 8 nitrogen and oxygen atoms in total. The number of hydrogen-bond donors (Lipinski definition) is 1. The molecule has 0 aromatic carbocycles. The summed E-state index contributed by atoms with van der Waals surface area (Å²) in [6, 6.07) is 3.42. The first-order chi connectivity index (χ1) is 11.3. The molecule has 0 unspecified atom stereocenters. The van der Waals surface area contributed by atoms with Crippen LogP contribution >= 0.6 is 0 Å². The van der Waals surface area contributed by atoms with Gasteiger partial charge in [0.25, 0.3) is 0 Å². The molecule has 2 rings (SSSR count). The van der Waals surface area contributed by atoms with Gasteiger partial charge in [0, 0.05) is 13.6 Å². The lowest BCUT2D eigenvalue weighted by molar-refractivity contribution is -0.121. The molecule has 0 aliphatic carbocycles. The Balaban J connectivity index is 2.29. The summed E-state index contributed by atoms with van der Waals surface area (Å²) in [6.07, 6.45) is 1.50. The van der Waals surface area contributed by atoms with Crippen LogP contribution < -0.4 is 5.32 Å². The first kappa shape index (κ1) is 18.2. The number of aromatic nitrogens is 2. The lowest BCUT2D eigenvalue weighted by Crippen LogP contribution is -2.29. The second-order valence-electron chi connectivity index (χ2n) is 5.45. The zero-order valence-electron chi connectivity index (χ0n) is 14.2. The van der Waals surface area contributed by atoms with Crippen molar-refractivity contribution in [1.29, 1.82) is 0 Å². The van der Waals surface area contributed by atoms with E-state index < -0.39 is 10.0 Å². The van der Waals surface area contributed by atoms with E-state index in [0.717, 1.165) is 0 Å². The van der Waals surface area contributed by atoms with Crippen LogP contribution in [0.5, 0.6) is 0 Å². The van der Waals surface area contributed by atoms with Gasteiger partial charge in [0.15, 0.2) is 0 Å². The summed E-state index contributed by atoms with van der Waals surface area (Å²) in [4.78, 5) is 11.9. The van der Waals surface area contributed by atoms with E-state index in [4.69, 9.17) is 4.42 Å². The molecule has 0 spiro atoms. The maximum Gasteiger partial charge on any atom is 0.246 e.